The molecule has 0 aliphatic carbocycles. The van der Waals surface area contributed by atoms with Gasteiger partial charge in [-0.3, -0.25) is 5.41 Å². The van der Waals surface area contributed by atoms with Gasteiger partial charge in [-0.15, -0.1) is 0 Å². The molecule has 2 heteroatoms. The number of rotatable bonds is 4. The van der Waals surface area contributed by atoms with Crippen molar-refractivity contribution in [3.8, 4) is 11.1 Å². The fourth-order valence-electron chi connectivity index (χ4n) is 3.33. The maximum atomic E-state index is 8.49. The number of benzene rings is 2. The lowest BCUT2D eigenvalue weighted by Gasteiger charge is -2.35. The molecule has 2 aromatic rings. The van der Waals surface area contributed by atoms with E-state index in [1.165, 1.54) is 23.1 Å². The summed E-state index contributed by atoms with van der Waals surface area (Å²) in [7, 11) is 0. The standard InChI is InChI=1S/C20H24N2/c1-2-14-22-15-6-9-19(20(22)21)18-12-10-17(11-13-18)16-7-4-3-5-8-16/h3-5,7-8,10-13,19,21H,2,6,9,14-15H2,1H3. The van der Waals surface area contributed by atoms with Gasteiger partial charge in [0.05, 0.1) is 0 Å². The van der Waals surface area contributed by atoms with Crippen molar-refractivity contribution >= 4 is 5.84 Å². The Hall–Kier alpha value is -2.09. The van der Waals surface area contributed by atoms with Crippen LogP contribution in [0.3, 0.4) is 0 Å². The monoisotopic (exact) mass is 292 g/mol. The van der Waals surface area contributed by atoms with Crippen LogP contribution in [-0.2, 0) is 0 Å². The molecule has 1 unspecified atom stereocenters. The summed E-state index contributed by atoms with van der Waals surface area (Å²) in [4.78, 5) is 2.25. The number of hydrogen-bond acceptors (Lipinski definition) is 1. The van der Waals surface area contributed by atoms with Crippen molar-refractivity contribution in [3.05, 3.63) is 60.2 Å². The number of amidine groups is 1. The Bertz CT molecular complexity index is 614. The van der Waals surface area contributed by atoms with Gasteiger partial charge in [0.2, 0.25) is 0 Å². The number of likely N-dealkylation sites (tertiary alicyclic amines) is 1. The molecule has 2 nitrogen and oxygen atoms in total. The molecule has 1 aliphatic heterocycles. The van der Waals surface area contributed by atoms with E-state index in [4.69, 9.17) is 5.41 Å². The first-order valence-electron chi connectivity index (χ1n) is 8.28. The molecule has 1 aliphatic rings. The van der Waals surface area contributed by atoms with E-state index < -0.39 is 0 Å². The summed E-state index contributed by atoms with van der Waals surface area (Å²) in [5.74, 6) is 1.07. The van der Waals surface area contributed by atoms with Crippen molar-refractivity contribution in [1.82, 2.24) is 4.90 Å². The van der Waals surface area contributed by atoms with Crippen molar-refractivity contribution in [3.63, 3.8) is 0 Å². The SMILES string of the molecule is CCCN1CCCC(c2ccc(-c3ccccc3)cc2)C1=N. The second kappa shape index (κ2) is 6.78. The molecule has 2 aromatic carbocycles. The highest BCUT2D eigenvalue weighted by atomic mass is 15.2. The Morgan fingerprint density at radius 1 is 1.00 bits per heavy atom. The van der Waals surface area contributed by atoms with Crippen molar-refractivity contribution in [2.75, 3.05) is 13.1 Å². The van der Waals surface area contributed by atoms with Gasteiger partial charge in [-0.2, -0.15) is 0 Å². The third-order valence-electron chi connectivity index (χ3n) is 4.51. The zero-order chi connectivity index (χ0) is 15.4. The Balaban J connectivity index is 1.79. The minimum Gasteiger partial charge on any atom is -0.360 e. The Morgan fingerprint density at radius 3 is 2.36 bits per heavy atom. The minimum absolute atomic E-state index is 0.269. The highest BCUT2D eigenvalue weighted by Crippen LogP contribution is 2.30. The summed E-state index contributed by atoms with van der Waals surface area (Å²) in [5, 5.41) is 8.49. The van der Waals surface area contributed by atoms with Crippen LogP contribution >= 0.6 is 0 Å². The average Bonchev–Trinajstić information content (AvgIpc) is 2.58. The minimum atomic E-state index is 0.269. The molecule has 1 saturated heterocycles. The molecule has 1 atom stereocenters. The summed E-state index contributed by atoms with van der Waals surface area (Å²) in [6.45, 7) is 4.24. The fourth-order valence-corrected chi connectivity index (χ4v) is 3.33. The van der Waals surface area contributed by atoms with E-state index in [2.05, 4.69) is 60.4 Å². The van der Waals surface area contributed by atoms with Gasteiger partial charge >= 0.3 is 0 Å². The van der Waals surface area contributed by atoms with Crippen LogP contribution in [0.25, 0.3) is 11.1 Å². The molecule has 22 heavy (non-hydrogen) atoms. The van der Waals surface area contributed by atoms with Gasteiger partial charge in [-0.25, -0.2) is 0 Å². The van der Waals surface area contributed by atoms with E-state index >= 15 is 0 Å². The van der Waals surface area contributed by atoms with Crippen LogP contribution in [0, 0.1) is 5.41 Å². The van der Waals surface area contributed by atoms with Gasteiger partial charge in [-0.05, 0) is 36.0 Å². The van der Waals surface area contributed by atoms with Crippen molar-refractivity contribution < 1.29 is 0 Å². The first kappa shape index (κ1) is 14.8. The van der Waals surface area contributed by atoms with Gasteiger partial charge < -0.3 is 4.90 Å². The van der Waals surface area contributed by atoms with Gasteiger partial charge in [0.15, 0.2) is 0 Å². The van der Waals surface area contributed by atoms with E-state index in [0.29, 0.717) is 0 Å². The first-order chi connectivity index (χ1) is 10.8. The maximum absolute atomic E-state index is 8.49. The molecule has 0 aromatic heterocycles. The lowest BCUT2D eigenvalue weighted by atomic mass is 9.88. The predicted octanol–water partition coefficient (Wildman–Crippen LogP) is 4.92. The molecular formula is C20H24N2. The van der Waals surface area contributed by atoms with E-state index in [1.54, 1.807) is 0 Å². The normalized spacial score (nSPS) is 18.5. The van der Waals surface area contributed by atoms with Crippen LogP contribution in [0.15, 0.2) is 54.6 Å². The molecule has 0 amide bonds. The zero-order valence-corrected chi connectivity index (χ0v) is 13.3. The average molecular weight is 292 g/mol. The van der Waals surface area contributed by atoms with Crippen LogP contribution in [0.4, 0.5) is 0 Å². The Labute approximate surface area is 133 Å². The maximum Gasteiger partial charge on any atom is 0.103 e. The van der Waals surface area contributed by atoms with E-state index in [0.717, 1.165) is 31.8 Å². The Morgan fingerprint density at radius 2 is 1.68 bits per heavy atom. The fraction of sp³-hybridized carbons (Fsp3) is 0.350. The summed E-state index contributed by atoms with van der Waals surface area (Å²) in [6, 6.07) is 19.3. The number of piperidine rings is 1. The van der Waals surface area contributed by atoms with Gasteiger partial charge in [-0.1, -0.05) is 61.5 Å². The zero-order valence-electron chi connectivity index (χ0n) is 13.3. The molecule has 1 heterocycles. The van der Waals surface area contributed by atoms with Crippen LogP contribution in [0.5, 0.6) is 0 Å². The molecule has 0 radical (unpaired) electrons. The van der Waals surface area contributed by atoms with Crippen molar-refractivity contribution in [2.45, 2.75) is 32.1 Å². The van der Waals surface area contributed by atoms with Crippen LogP contribution in [0.2, 0.25) is 0 Å². The van der Waals surface area contributed by atoms with Crippen molar-refractivity contribution in [2.24, 2.45) is 0 Å². The first-order valence-corrected chi connectivity index (χ1v) is 8.28. The Kier molecular flexibility index (Phi) is 4.57. The number of nitrogens with zero attached hydrogens (tertiary/aromatic N) is 1. The van der Waals surface area contributed by atoms with Crippen LogP contribution in [-0.4, -0.2) is 23.8 Å². The highest BCUT2D eigenvalue weighted by Gasteiger charge is 2.25. The second-order valence-electron chi connectivity index (χ2n) is 6.06. The summed E-state index contributed by atoms with van der Waals surface area (Å²) in [6.07, 6.45) is 3.40. The van der Waals surface area contributed by atoms with Gasteiger partial charge in [0.25, 0.3) is 0 Å². The number of nitrogens with one attached hydrogen (secondary N) is 1. The third-order valence-corrected chi connectivity index (χ3v) is 4.51. The third kappa shape index (κ3) is 3.06. The van der Waals surface area contributed by atoms with Gasteiger partial charge in [0, 0.05) is 19.0 Å². The quantitative estimate of drug-likeness (QED) is 0.850. The predicted molar refractivity (Wildman–Crippen MR) is 93.4 cm³/mol. The molecule has 0 bridgehead atoms. The molecule has 0 saturated carbocycles. The van der Waals surface area contributed by atoms with Crippen molar-refractivity contribution in [1.29, 1.82) is 5.41 Å². The van der Waals surface area contributed by atoms with Gasteiger partial charge in [0.1, 0.15) is 5.84 Å². The van der Waals surface area contributed by atoms with E-state index in [1.807, 2.05) is 6.07 Å². The summed E-state index contributed by atoms with van der Waals surface area (Å²) in [5.41, 5.74) is 3.78. The topological polar surface area (TPSA) is 27.1 Å². The smallest absolute Gasteiger partial charge is 0.103 e. The van der Waals surface area contributed by atoms with Crippen LogP contribution < -0.4 is 0 Å². The summed E-state index contributed by atoms with van der Waals surface area (Å²) >= 11 is 0. The summed E-state index contributed by atoms with van der Waals surface area (Å²) < 4.78 is 0. The molecule has 3 rings (SSSR count). The second-order valence-corrected chi connectivity index (χ2v) is 6.06. The molecule has 0 spiro atoms. The van der Waals surface area contributed by atoms with E-state index in [-0.39, 0.29) is 5.92 Å². The van der Waals surface area contributed by atoms with Crippen LogP contribution in [0.1, 0.15) is 37.7 Å². The molecule has 114 valence electrons. The molecule has 1 fully saturated rings. The number of hydrogen-bond donors (Lipinski definition) is 1. The molecular weight excluding hydrogens is 268 g/mol. The lowest BCUT2D eigenvalue weighted by molar-refractivity contribution is 0.352. The molecule has 1 N–H and O–H groups in total. The highest BCUT2D eigenvalue weighted by molar-refractivity contribution is 5.87. The van der Waals surface area contributed by atoms with E-state index in [9.17, 15) is 0 Å². The largest absolute Gasteiger partial charge is 0.360 e. The lowest BCUT2D eigenvalue weighted by Crippen LogP contribution is -2.40.